The van der Waals surface area contributed by atoms with Crippen molar-refractivity contribution >= 4 is 11.8 Å². The van der Waals surface area contributed by atoms with Gasteiger partial charge in [0.1, 0.15) is 0 Å². The molecule has 0 saturated heterocycles. The Hall–Kier alpha value is -0.660. The number of tetrazole rings is 1. The molecule has 0 spiro atoms. The van der Waals surface area contributed by atoms with Crippen LogP contribution in [0.5, 0.6) is 0 Å². The van der Waals surface area contributed by atoms with Crippen LogP contribution in [0.3, 0.4) is 0 Å². The SMILES string of the molecule is CCCOCCSc1nnnn1CCNC(C)(C)C. The van der Waals surface area contributed by atoms with Gasteiger partial charge in [0, 0.05) is 24.4 Å². The Kier molecular flexibility index (Phi) is 7.33. The van der Waals surface area contributed by atoms with E-state index < -0.39 is 0 Å². The predicted molar refractivity (Wildman–Crippen MR) is 77.4 cm³/mol. The molecule has 1 N–H and O–H groups in total. The van der Waals surface area contributed by atoms with E-state index in [2.05, 4.69) is 48.5 Å². The minimum absolute atomic E-state index is 0.120. The summed E-state index contributed by atoms with van der Waals surface area (Å²) in [5.41, 5.74) is 0.120. The Morgan fingerprint density at radius 2 is 2.11 bits per heavy atom. The fourth-order valence-corrected chi connectivity index (χ4v) is 2.17. The van der Waals surface area contributed by atoms with Crippen molar-refractivity contribution in [1.82, 2.24) is 25.5 Å². The minimum atomic E-state index is 0.120. The first-order valence-corrected chi connectivity index (χ1v) is 7.73. The summed E-state index contributed by atoms with van der Waals surface area (Å²) in [6.07, 6.45) is 1.06. The fourth-order valence-electron chi connectivity index (χ4n) is 1.42. The van der Waals surface area contributed by atoms with E-state index in [0.29, 0.717) is 0 Å². The van der Waals surface area contributed by atoms with Gasteiger partial charge >= 0.3 is 0 Å². The van der Waals surface area contributed by atoms with Crippen LogP contribution in [0.15, 0.2) is 5.16 Å². The van der Waals surface area contributed by atoms with E-state index in [4.69, 9.17) is 4.74 Å². The summed E-state index contributed by atoms with van der Waals surface area (Å²) in [6, 6.07) is 0. The lowest BCUT2D eigenvalue weighted by molar-refractivity contribution is 0.151. The summed E-state index contributed by atoms with van der Waals surface area (Å²) < 4.78 is 7.27. The van der Waals surface area contributed by atoms with E-state index in [1.54, 1.807) is 11.8 Å². The molecule has 0 bridgehead atoms. The van der Waals surface area contributed by atoms with Crippen molar-refractivity contribution in [3.05, 3.63) is 0 Å². The molecule has 1 aromatic rings. The monoisotopic (exact) mass is 287 g/mol. The lowest BCUT2D eigenvalue weighted by atomic mass is 10.1. The third kappa shape index (κ3) is 7.49. The summed E-state index contributed by atoms with van der Waals surface area (Å²) in [5, 5.41) is 16.0. The number of rotatable bonds is 9. The first kappa shape index (κ1) is 16.4. The van der Waals surface area contributed by atoms with E-state index >= 15 is 0 Å². The molecule has 6 nitrogen and oxygen atoms in total. The molecule has 0 atom stereocenters. The molecule has 0 fully saturated rings. The Labute approximate surface area is 119 Å². The highest BCUT2D eigenvalue weighted by molar-refractivity contribution is 7.99. The molecule has 1 heterocycles. The van der Waals surface area contributed by atoms with Crippen molar-refractivity contribution in [2.45, 2.75) is 51.4 Å². The van der Waals surface area contributed by atoms with Crippen LogP contribution < -0.4 is 5.32 Å². The fraction of sp³-hybridized carbons (Fsp3) is 0.917. The lowest BCUT2D eigenvalue weighted by Crippen LogP contribution is -2.38. The van der Waals surface area contributed by atoms with Gasteiger partial charge < -0.3 is 10.1 Å². The number of hydrogen-bond acceptors (Lipinski definition) is 6. The van der Waals surface area contributed by atoms with Crippen molar-refractivity contribution in [1.29, 1.82) is 0 Å². The highest BCUT2D eigenvalue weighted by Gasteiger charge is 2.10. The number of thioether (sulfide) groups is 1. The number of aromatic nitrogens is 4. The van der Waals surface area contributed by atoms with Gasteiger partial charge in [0.05, 0.1) is 13.2 Å². The molecule has 0 radical (unpaired) electrons. The maximum absolute atomic E-state index is 5.44. The third-order valence-electron chi connectivity index (χ3n) is 2.29. The highest BCUT2D eigenvalue weighted by Crippen LogP contribution is 2.12. The zero-order valence-corrected chi connectivity index (χ0v) is 13.2. The molecular weight excluding hydrogens is 262 g/mol. The molecule has 0 unspecified atom stereocenters. The molecule has 1 rings (SSSR count). The van der Waals surface area contributed by atoms with Crippen LogP contribution in [0.1, 0.15) is 34.1 Å². The van der Waals surface area contributed by atoms with Crippen molar-refractivity contribution in [2.24, 2.45) is 0 Å². The van der Waals surface area contributed by atoms with Gasteiger partial charge in [0.25, 0.3) is 0 Å². The van der Waals surface area contributed by atoms with Gasteiger partial charge in [-0.2, -0.15) is 0 Å². The Bertz CT molecular complexity index is 350. The van der Waals surface area contributed by atoms with E-state index in [9.17, 15) is 0 Å². The van der Waals surface area contributed by atoms with E-state index in [1.165, 1.54) is 0 Å². The maximum Gasteiger partial charge on any atom is 0.209 e. The molecule has 1 aromatic heterocycles. The van der Waals surface area contributed by atoms with Crippen LogP contribution in [0.4, 0.5) is 0 Å². The zero-order valence-electron chi connectivity index (χ0n) is 12.3. The molecule has 0 saturated carbocycles. The molecule has 7 heteroatoms. The summed E-state index contributed by atoms with van der Waals surface area (Å²) >= 11 is 1.64. The highest BCUT2D eigenvalue weighted by atomic mass is 32.2. The van der Waals surface area contributed by atoms with Crippen LogP contribution in [0, 0.1) is 0 Å². The standard InChI is InChI=1S/C12H25N5OS/c1-5-8-18-9-10-19-11-14-15-16-17(11)7-6-13-12(2,3)4/h13H,5-10H2,1-4H3. The largest absolute Gasteiger partial charge is 0.381 e. The maximum atomic E-state index is 5.44. The molecular formula is C12H25N5OS. The summed E-state index contributed by atoms with van der Waals surface area (Å²) in [7, 11) is 0. The number of nitrogens with one attached hydrogen (secondary N) is 1. The van der Waals surface area contributed by atoms with Crippen LogP contribution >= 0.6 is 11.8 Å². The molecule has 110 valence electrons. The van der Waals surface area contributed by atoms with Gasteiger partial charge in [0.2, 0.25) is 5.16 Å². The topological polar surface area (TPSA) is 64.9 Å². The molecule has 0 amide bonds. The van der Waals surface area contributed by atoms with Crippen molar-refractivity contribution in [2.75, 3.05) is 25.5 Å². The van der Waals surface area contributed by atoms with Gasteiger partial charge in [-0.05, 0) is 37.6 Å². The molecule has 0 aliphatic heterocycles. The summed E-state index contributed by atoms with van der Waals surface area (Å²) in [5.74, 6) is 0.882. The Morgan fingerprint density at radius 1 is 1.32 bits per heavy atom. The number of nitrogens with zero attached hydrogens (tertiary/aromatic N) is 4. The summed E-state index contributed by atoms with van der Waals surface area (Å²) in [4.78, 5) is 0. The minimum Gasteiger partial charge on any atom is -0.381 e. The van der Waals surface area contributed by atoms with Gasteiger partial charge in [-0.25, -0.2) is 4.68 Å². The average Bonchev–Trinajstić information content (AvgIpc) is 2.75. The number of ether oxygens (including phenoxy) is 1. The first-order chi connectivity index (χ1) is 9.03. The van der Waals surface area contributed by atoms with Crippen LogP contribution in [0.2, 0.25) is 0 Å². The normalized spacial score (nSPS) is 12.0. The van der Waals surface area contributed by atoms with Gasteiger partial charge in [-0.3, -0.25) is 0 Å². The predicted octanol–water partition coefficient (Wildman–Crippen LogP) is 1.58. The quantitative estimate of drug-likeness (QED) is 0.549. The van der Waals surface area contributed by atoms with Crippen molar-refractivity contribution < 1.29 is 4.74 Å². The van der Waals surface area contributed by atoms with Crippen LogP contribution in [-0.4, -0.2) is 51.3 Å². The number of hydrogen-bond donors (Lipinski definition) is 1. The second kappa shape index (κ2) is 8.50. The van der Waals surface area contributed by atoms with Crippen LogP contribution in [0.25, 0.3) is 0 Å². The average molecular weight is 287 g/mol. The van der Waals surface area contributed by atoms with Crippen molar-refractivity contribution in [3.8, 4) is 0 Å². The van der Waals surface area contributed by atoms with E-state index in [1.807, 2.05) is 4.68 Å². The third-order valence-corrected chi connectivity index (χ3v) is 3.21. The van der Waals surface area contributed by atoms with Gasteiger partial charge in [-0.15, -0.1) is 5.10 Å². The van der Waals surface area contributed by atoms with E-state index in [-0.39, 0.29) is 5.54 Å². The van der Waals surface area contributed by atoms with Crippen molar-refractivity contribution in [3.63, 3.8) is 0 Å². The molecule has 19 heavy (non-hydrogen) atoms. The van der Waals surface area contributed by atoms with Crippen LogP contribution in [-0.2, 0) is 11.3 Å². The molecule has 0 aliphatic carbocycles. The second-order valence-corrected chi connectivity index (χ2v) is 6.38. The van der Waals surface area contributed by atoms with Gasteiger partial charge in [0.15, 0.2) is 0 Å². The van der Waals surface area contributed by atoms with E-state index in [0.717, 1.165) is 43.6 Å². The smallest absolute Gasteiger partial charge is 0.209 e. The Morgan fingerprint density at radius 3 is 2.79 bits per heavy atom. The summed E-state index contributed by atoms with van der Waals surface area (Å²) in [6.45, 7) is 11.7. The molecule has 0 aliphatic rings. The van der Waals surface area contributed by atoms with Gasteiger partial charge in [-0.1, -0.05) is 18.7 Å². The Balaban J connectivity index is 2.26. The lowest BCUT2D eigenvalue weighted by Gasteiger charge is -2.20. The first-order valence-electron chi connectivity index (χ1n) is 6.74. The second-order valence-electron chi connectivity index (χ2n) is 5.32. The molecule has 0 aromatic carbocycles. The zero-order chi connectivity index (χ0) is 14.1.